The first-order valence-corrected chi connectivity index (χ1v) is 12.1. The minimum Gasteiger partial charge on any atom is -0.491 e. The van der Waals surface area contributed by atoms with Crippen LogP contribution in [0.15, 0.2) is 42.5 Å². The van der Waals surface area contributed by atoms with E-state index in [1.165, 1.54) is 12.5 Å². The summed E-state index contributed by atoms with van der Waals surface area (Å²) in [5, 5.41) is 0. The minimum absolute atomic E-state index is 0.0345. The summed E-state index contributed by atoms with van der Waals surface area (Å²) in [6, 6.07) is 14.7. The molecule has 5 heteroatoms. The third kappa shape index (κ3) is 5.23. The number of esters is 1. The molecule has 2 aromatic rings. The number of anilines is 1. The number of hydrogen-bond acceptors (Lipinski definition) is 5. The lowest BCUT2D eigenvalue weighted by molar-refractivity contribution is -0.131. The number of carbonyl (C=O) groups is 2. The number of carbonyl (C=O) groups excluding carboxylic acids is 2. The molecule has 0 saturated heterocycles. The van der Waals surface area contributed by atoms with Crippen LogP contribution in [-0.4, -0.2) is 30.9 Å². The Bertz CT molecular complexity index is 1000. The summed E-state index contributed by atoms with van der Waals surface area (Å²) in [6.45, 7) is 5.73. The average Bonchev–Trinajstić information content (AvgIpc) is 2.77. The zero-order valence-corrected chi connectivity index (χ0v) is 20.2. The molecule has 0 amide bonds. The van der Waals surface area contributed by atoms with Crippen LogP contribution in [0.2, 0.25) is 0 Å². The second-order valence-corrected chi connectivity index (χ2v) is 9.66. The number of benzene rings is 2. The van der Waals surface area contributed by atoms with Crippen LogP contribution in [-0.2, 0) is 16.0 Å². The molecule has 176 valence electrons. The number of nitrogens with zero attached hydrogens (tertiary/aromatic N) is 1. The monoisotopic (exact) mass is 449 g/mol. The van der Waals surface area contributed by atoms with Gasteiger partial charge in [0.2, 0.25) is 0 Å². The van der Waals surface area contributed by atoms with Crippen LogP contribution in [0.5, 0.6) is 11.5 Å². The van der Waals surface area contributed by atoms with Crippen LogP contribution in [0, 0.1) is 5.92 Å². The molecule has 4 rings (SSSR count). The van der Waals surface area contributed by atoms with Crippen LogP contribution in [0.1, 0.15) is 69.9 Å². The summed E-state index contributed by atoms with van der Waals surface area (Å²) in [5.74, 6) is 1.63. The molecule has 2 aliphatic rings. The summed E-state index contributed by atoms with van der Waals surface area (Å²) < 4.78 is 12.0. The number of fused-ring (bicyclic) bond motifs is 3. The van der Waals surface area contributed by atoms with E-state index in [4.69, 9.17) is 9.47 Å². The molecule has 1 heterocycles. The third-order valence-electron chi connectivity index (χ3n) is 7.31. The number of Topliss-reactive ketones (excluding diaryl/α,β-unsaturated/α-hetero) is 1. The maximum atomic E-state index is 12.3. The zero-order valence-electron chi connectivity index (χ0n) is 20.2. The summed E-state index contributed by atoms with van der Waals surface area (Å²) in [4.78, 5) is 26.5. The number of hydrogen-bond donors (Lipinski definition) is 0. The Morgan fingerprint density at radius 2 is 1.97 bits per heavy atom. The van der Waals surface area contributed by atoms with Gasteiger partial charge < -0.3 is 14.4 Å². The summed E-state index contributed by atoms with van der Waals surface area (Å²) in [6.07, 6.45) is 5.06. The molecular formula is C28H35NO4. The van der Waals surface area contributed by atoms with Crippen molar-refractivity contribution in [3.05, 3.63) is 53.6 Å². The molecule has 4 atom stereocenters. The van der Waals surface area contributed by atoms with Crippen molar-refractivity contribution in [3.63, 3.8) is 0 Å². The first kappa shape index (κ1) is 23.3. The van der Waals surface area contributed by atoms with Crippen LogP contribution < -0.4 is 14.4 Å². The van der Waals surface area contributed by atoms with Crippen molar-refractivity contribution in [2.24, 2.45) is 5.92 Å². The summed E-state index contributed by atoms with van der Waals surface area (Å²) in [5.41, 5.74) is 3.32. The molecule has 1 fully saturated rings. The fourth-order valence-corrected chi connectivity index (χ4v) is 5.52. The highest BCUT2D eigenvalue weighted by molar-refractivity contribution is 5.82. The van der Waals surface area contributed by atoms with E-state index in [1.807, 2.05) is 12.1 Å². The van der Waals surface area contributed by atoms with Crippen molar-refractivity contribution < 1.29 is 19.1 Å². The van der Waals surface area contributed by atoms with Gasteiger partial charge in [0.15, 0.2) is 0 Å². The van der Waals surface area contributed by atoms with Gasteiger partial charge in [-0.3, -0.25) is 9.59 Å². The minimum atomic E-state index is -0.356. The van der Waals surface area contributed by atoms with Gasteiger partial charge in [-0.2, -0.15) is 0 Å². The lowest BCUT2D eigenvalue weighted by Gasteiger charge is -2.47. The van der Waals surface area contributed by atoms with E-state index in [1.54, 1.807) is 0 Å². The van der Waals surface area contributed by atoms with E-state index in [0.717, 1.165) is 36.9 Å². The number of ether oxygens (including phenoxy) is 2. The molecule has 0 radical (unpaired) electrons. The van der Waals surface area contributed by atoms with Crippen LogP contribution in [0.3, 0.4) is 0 Å². The van der Waals surface area contributed by atoms with E-state index >= 15 is 0 Å². The Balaban J connectivity index is 1.56. The van der Waals surface area contributed by atoms with Crippen molar-refractivity contribution >= 4 is 17.4 Å². The predicted molar refractivity (Wildman–Crippen MR) is 130 cm³/mol. The number of rotatable bonds is 7. The molecular weight excluding hydrogens is 414 g/mol. The first-order chi connectivity index (χ1) is 15.8. The van der Waals surface area contributed by atoms with E-state index in [9.17, 15) is 9.59 Å². The maximum absolute atomic E-state index is 12.3. The molecule has 0 spiro atoms. The van der Waals surface area contributed by atoms with Crippen molar-refractivity contribution in [2.45, 2.75) is 77.4 Å². The highest BCUT2D eigenvalue weighted by Crippen LogP contribution is 2.52. The quantitative estimate of drug-likeness (QED) is 0.401. The Labute approximate surface area is 197 Å². The topological polar surface area (TPSA) is 55.8 Å². The molecule has 0 N–H and O–H groups in total. The van der Waals surface area contributed by atoms with Gasteiger partial charge in [-0.25, -0.2) is 0 Å². The predicted octanol–water partition coefficient (Wildman–Crippen LogP) is 5.69. The van der Waals surface area contributed by atoms with Crippen LogP contribution in [0.4, 0.5) is 5.69 Å². The SMILES string of the molecule is CC(=O)Oc1cc(OC(C)CCCc2ccccc2)cc2c1C1CC(=O)CC[C@H]1[C@H](C)N2C. The van der Waals surface area contributed by atoms with E-state index in [0.29, 0.717) is 42.1 Å². The van der Waals surface area contributed by atoms with Crippen LogP contribution in [0.25, 0.3) is 0 Å². The highest BCUT2D eigenvalue weighted by atomic mass is 16.5. The summed E-state index contributed by atoms with van der Waals surface area (Å²) >= 11 is 0. The number of aryl methyl sites for hydroxylation is 1. The van der Waals surface area contributed by atoms with Crippen molar-refractivity contribution in [3.8, 4) is 11.5 Å². The highest BCUT2D eigenvalue weighted by Gasteiger charge is 2.43. The van der Waals surface area contributed by atoms with Gasteiger partial charge in [0, 0.05) is 62.2 Å². The fourth-order valence-electron chi connectivity index (χ4n) is 5.52. The van der Waals surface area contributed by atoms with Crippen LogP contribution >= 0.6 is 0 Å². The Kier molecular flexibility index (Phi) is 7.06. The lowest BCUT2D eigenvalue weighted by Crippen LogP contribution is -2.45. The molecule has 1 saturated carbocycles. The lowest BCUT2D eigenvalue weighted by atomic mass is 9.68. The van der Waals surface area contributed by atoms with Gasteiger partial charge in [-0.05, 0) is 51.0 Å². The molecule has 2 aromatic carbocycles. The van der Waals surface area contributed by atoms with Gasteiger partial charge in [0.05, 0.1) is 6.10 Å². The van der Waals surface area contributed by atoms with Crippen molar-refractivity contribution in [1.29, 1.82) is 0 Å². The molecule has 5 nitrogen and oxygen atoms in total. The molecule has 1 aliphatic heterocycles. The van der Waals surface area contributed by atoms with Gasteiger partial charge in [0.1, 0.15) is 17.3 Å². The van der Waals surface area contributed by atoms with Crippen molar-refractivity contribution in [2.75, 3.05) is 11.9 Å². The van der Waals surface area contributed by atoms with E-state index < -0.39 is 0 Å². The molecule has 1 aliphatic carbocycles. The first-order valence-electron chi connectivity index (χ1n) is 12.1. The fraction of sp³-hybridized carbons (Fsp3) is 0.500. The van der Waals surface area contributed by atoms with Gasteiger partial charge in [0.25, 0.3) is 0 Å². The second kappa shape index (κ2) is 9.98. The Morgan fingerprint density at radius 1 is 1.21 bits per heavy atom. The average molecular weight is 450 g/mol. The van der Waals surface area contributed by atoms with E-state index in [-0.39, 0.29) is 18.0 Å². The molecule has 33 heavy (non-hydrogen) atoms. The van der Waals surface area contributed by atoms with Gasteiger partial charge in [-0.1, -0.05) is 30.3 Å². The second-order valence-electron chi connectivity index (χ2n) is 9.66. The zero-order chi connectivity index (χ0) is 23.5. The van der Waals surface area contributed by atoms with E-state index in [2.05, 4.69) is 56.1 Å². The Morgan fingerprint density at radius 3 is 2.70 bits per heavy atom. The van der Waals surface area contributed by atoms with Gasteiger partial charge in [-0.15, -0.1) is 0 Å². The third-order valence-corrected chi connectivity index (χ3v) is 7.31. The Hall–Kier alpha value is -2.82. The molecule has 0 aromatic heterocycles. The molecule has 0 bridgehead atoms. The normalized spacial score (nSPS) is 22.8. The van der Waals surface area contributed by atoms with Crippen molar-refractivity contribution in [1.82, 2.24) is 0 Å². The maximum Gasteiger partial charge on any atom is 0.308 e. The standard InChI is InChI=1S/C28H35NO4/c1-18(9-8-12-21-10-6-5-7-11-21)32-23-16-26-28(27(17-23)33-20(3)30)25-15-22(31)13-14-24(25)19(2)29(26)4/h5-7,10-11,16-19,24-25H,8-9,12-15H2,1-4H3/t18?,19-,24-,25?/m0/s1. The molecule has 2 unspecified atom stereocenters. The largest absolute Gasteiger partial charge is 0.491 e. The smallest absolute Gasteiger partial charge is 0.308 e. The number of ketones is 1. The van der Waals surface area contributed by atoms with Gasteiger partial charge >= 0.3 is 5.97 Å². The summed E-state index contributed by atoms with van der Waals surface area (Å²) in [7, 11) is 2.08.